The van der Waals surface area contributed by atoms with E-state index in [4.69, 9.17) is 5.73 Å². The number of halogens is 3. The number of benzene rings is 1. The Bertz CT molecular complexity index is 529. The Labute approximate surface area is 115 Å². The molecule has 0 aliphatic heterocycles. The van der Waals surface area contributed by atoms with E-state index in [-0.39, 0.29) is 12.1 Å². The van der Waals surface area contributed by atoms with Gasteiger partial charge in [-0.25, -0.2) is 0 Å². The molecule has 0 saturated heterocycles. The highest BCUT2D eigenvalue weighted by atomic mass is 19.4. The standard InChI is InChI=1S/C14H15F3N2O/c1-10(9-14(15,16)17)19-13(20)12-7-3-2-5-11(12)6-4-8-18/h2-3,5,7,10H,8-9,18H2,1H3,(H,19,20). The van der Waals surface area contributed by atoms with Crippen molar-refractivity contribution in [3.63, 3.8) is 0 Å². The SMILES string of the molecule is CC(CC(F)(F)F)NC(=O)c1ccccc1C#CCN. The van der Waals surface area contributed by atoms with Gasteiger partial charge in [-0.1, -0.05) is 24.0 Å². The second kappa shape index (κ2) is 6.96. The van der Waals surface area contributed by atoms with E-state index < -0.39 is 24.5 Å². The van der Waals surface area contributed by atoms with Crippen LogP contribution in [-0.4, -0.2) is 24.7 Å². The molecule has 0 fully saturated rings. The first-order valence-corrected chi connectivity index (χ1v) is 5.99. The first-order chi connectivity index (χ1) is 9.33. The lowest BCUT2D eigenvalue weighted by Gasteiger charge is -2.16. The van der Waals surface area contributed by atoms with Crippen LogP contribution in [0.5, 0.6) is 0 Å². The molecule has 1 atom stereocenters. The first-order valence-electron chi connectivity index (χ1n) is 5.99. The van der Waals surface area contributed by atoms with Crippen molar-refractivity contribution >= 4 is 5.91 Å². The highest BCUT2D eigenvalue weighted by Gasteiger charge is 2.30. The number of alkyl halides is 3. The molecule has 3 nitrogen and oxygen atoms in total. The molecule has 1 amide bonds. The lowest BCUT2D eigenvalue weighted by atomic mass is 10.1. The van der Waals surface area contributed by atoms with Crippen LogP contribution in [0.15, 0.2) is 24.3 Å². The summed E-state index contributed by atoms with van der Waals surface area (Å²) in [5, 5.41) is 2.31. The van der Waals surface area contributed by atoms with Crippen LogP contribution in [-0.2, 0) is 0 Å². The Morgan fingerprint density at radius 1 is 1.40 bits per heavy atom. The summed E-state index contributed by atoms with van der Waals surface area (Å²) in [6.45, 7) is 1.44. The third-order valence-corrected chi connectivity index (χ3v) is 2.41. The molecule has 1 rings (SSSR count). The van der Waals surface area contributed by atoms with E-state index in [1.165, 1.54) is 13.0 Å². The molecule has 1 unspecified atom stereocenters. The smallest absolute Gasteiger partial charge is 0.349 e. The first kappa shape index (κ1) is 16.1. The van der Waals surface area contributed by atoms with Crippen molar-refractivity contribution in [1.29, 1.82) is 0 Å². The minimum Gasteiger partial charge on any atom is -0.349 e. The number of hydrogen-bond acceptors (Lipinski definition) is 2. The van der Waals surface area contributed by atoms with Gasteiger partial charge in [0.1, 0.15) is 0 Å². The molecule has 20 heavy (non-hydrogen) atoms. The largest absolute Gasteiger partial charge is 0.391 e. The summed E-state index contributed by atoms with van der Waals surface area (Å²) < 4.78 is 36.7. The Kier molecular flexibility index (Phi) is 5.59. The van der Waals surface area contributed by atoms with Crippen molar-refractivity contribution < 1.29 is 18.0 Å². The number of nitrogens with one attached hydrogen (secondary N) is 1. The number of hydrogen-bond donors (Lipinski definition) is 2. The van der Waals surface area contributed by atoms with Gasteiger partial charge in [-0.15, -0.1) is 0 Å². The van der Waals surface area contributed by atoms with Gasteiger partial charge in [-0.2, -0.15) is 13.2 Å². The second-order valence-electron chi connectivity index (χ2n) is 4.25. The molecule has 0 aromatic heterocycles. The topological polar surface area (TPSA) is 55.1 Å². The zero-order chi connectivity index (χ0) is 15.2. The summed E-state index contributed by atoms with van der Waals surface area (Å²) in [7, 11) is 0. The molecular weight excluding hydrogens is 269 g/mol. The number of carbonyl (C=O) groups is 1. The Hall–Kier alpha value is -2.00. The van der Waals surface area contributed by atoms with Crippen LogP contribution in [0, 0.1) is 11.8 Å². The Morgan fingerprint density at radius 3 is 2.65 bits per heavy atom. The number of rotatable bonds is 3. The van der Waals surface area contributed by atoms with Crippen molar-refractivity contribution in [1.82, 2.24) is 5.32 Å². The molecule has 0 aliphatic carbocycles. The van der Waals surface area contributed by atoms with E-state index in [0.29, 0.717) is 5.56 Å². The van der Waals surface area contributed by atoms with Crippen LogP contribution in [0.1, 0.15) is 29.3 Å². The summed E-state index contributed by atoms with van der Waals surface area (Å²) >= 11 is 0. The maximum Gasteiger partial charge on any atom is 0.391 e. The van der Waals surface area contributed by atoms with Gasteiger partial charge in [-0.3, -0.25) is 4.79 Å². The van der Waals surface area contributed by atoms with E-state index in [2.05, 4.69) is 17.2 Å². The molecule has 0 saturated carbocycles. The van der Waals surface area contributed by atoms with Crippen molar-refractivity contribution in [2.75, 3.05) is 6.54 Å². The number of amides is 1. The Balaban J connectivity index is 2.82. The third kappa shape index (κ3) is 5.33. The zero-order valence-corrected chi connectivity index (χ0v) is 10.9. The van der Waals surface area contributed by atoms with Crippen LogP contribution in [0.2, 0.25) is 0 Å². The third-order valence-electron chi connectivity index (χ3n) is 2.41. The lowest BCUT2D eigenvalue weighted by molar-refractivity contribution is -0.138. The maximum atomic E-state index is 12.2. The van der Waals surface area contributed by atoms with Gasteiger partial charge < -0.3 is 11.1 Å². The highest BCUT2D eigenvalue weighted by molar-refractivity contribution is 5.96. The summed E-state index contributed by atoms with van der Waals surface area (Å²) in [6, 6.07) is 5.44. The molecule has 0 spiro atoms. The maximum absolute atomic E-state index is 12.2. The van der Waals surface area contributed by atoms with Crippen LogP contribution in [0.25, 0.3) is 0 Å². The van der Waals surface area contributed by atoms with Crippen molar-refractivity contribution in [2.45, 2.75) is 25.6 Å². The predicted octanol–water partition coefficient (Wildman–Crippen LogP) is 2.07. The fourth-order valence-electron chi connectivity index (χ4n) is 1.64. The number of nitrogens with two attached hydrogens (primary N) is 1. The van der Waals surface area contributed by atoms with Gasteiger partial charge in [0.15, 0.2) is 0 Å². The summed E-state index contributed by atoms with van der Waals surface area (Å²) in [5.41, 5.74) is 5.93. The molecule has 1 aromatic rings. The zero-order valence-electron chi connectivity index (χ0n) is 10.9. The van der Waals surface area contributed by atoms with Crippen LogP contribution in [0.3, 0.4) is 0 Å². The normalized spacial score (nSPS) is 12.2. The van der Waals surface area contributed by atoms with E-state index in [0.717, 1.165) is 0 Å². The monoisotopic (exact) mass is 284 g/mol. The van der Waals surface area contributed by atoms with Crippen molar-refractivity contribution in [3.05, 3.63) is 35.4 Å². The van der Waals surface area contributed by atoms with Gasteiger partial charge >= 0.3 is 6.18 Å². The Morgan fingerprint density at radius 2 is 2.05 bits per heavy atom. The van der Waals surface area contributed by atoms with Gasteiger partial charge in [0.05, 0.1) is 18.5 Å². The quantitative estimate of drug-likeness (QED) is 0.835. The average Bonchev–Trinajstić information content (AvgIpc) is 2.34. The molecule has 0 radical (unpaired) electrons. The summed E-state index contributed by atoms with van der Waals surface area (Å²) in [4.78, 5) is 11.9. The van der Waals surface area contributed by atoms with E-state index in [1.807, 2.05) is 0 Å². The molecule has 108 valence electrons. The van der Waals surface area contributed by atoms with Crippen LogP contribution in [0.4, 0.5) is 13.2 Å². The van der Waals surface area contributed by atoms with Crippen LogP contribution >= 0.6 is 0 Å². The van der Waals surface area contributed by atoms with Gasteiger partial charge in [0.2, 0.25) is 0 Å². The molecule has 3 N–H and O–H groups in total. The summed E-state index contributed by atoms with van der Waals surface area (Å²) in [6.07, 6.45) is -5.39. The average molecular weight is 284 g/mol. The van der Waals surface area contributed by atoms with Crippen molar-refractivity contribution in [3.8, 4) is 11.8 Å². The minimum absolute atomic E-state index is 0.139. The minimum atomic E-state index is -4.31. The molecular formula is C14H15F3N2O. The fraction of sp³-hybridized carbons (Fsp3) is 0.357. The molecule has 6 heteroatoms. The fourth-order valence-corrected chi connectivity index (χ4v) is 1.64. The summed E-state index contributed by atoms with van der Waals surface area (Å²) in [5.74, 6) is 4.75. The van der Waals surface area contributed by atoms with E-state index in [9.17, 15) is 18.0 Å². The van der Waals surface area contributed by atoms with Gasteiger partial charge in [-0.05, 0) is 19.1 Å². The lowest BCUT2D eigenvalue weighted by Crippen LogP contribution is -2.36. The van der Waals surface area contributed by atoms with Crippen LogP contribution < -0.4 is 11.1 Å². The molecule has 0 bridgehead atoms. The predicted molar refractivity (Wildman–Crippen MR) is 70.0 cm³/mol. The molecule has 0 heterocycles. The van der Waals surface area contributed by atoms with Crippen molar-refractivity contribution in [2.24, 2.45) is 5.73 Å². The molecule has 0 aliphatic rings. The van der Waals surface area contributed by atoms with E-state index in [1.54, 1.807) is 18.2 Å². The van der Waals surface area contributed by atoms with E-state index >= 15 is 0 Å². The highest BCUT2D eigenvalue weighted by Crippen LogP contribution is 2.21. The second-order valence-corrected chi connectivity index (χ2v) is 4.25. The number of carbonyl (C=O) groups excluding carboxylic acids is 1. The van der Waals surface area contributed by atoms with Gasteiger partial charge in [0, 0.05) is 11.6 Å². The van der Waals surface area contributed by atoms with Gasteiger partial charge in [0.25, 0.3) is 5.91 Å². The molecule has 1 aromatic carbocycles.